The van der Waals surface area contributed by atoms with Gasteiger partial charge in [-0.25, -0.2) is 4.79 Å². The van der Waals surface area contributed by atoms with E-state index in [0.717, 1.165) is 10.0 Å². The molecule has 2 rings (SSSR count). The van der Waals surface area contributed by atoms with Gasteiger partial charge in [0.1, 0.15) is 6.04 Å². The van der Waals surface area contributed by atoms with Gasteiger partial charge >= 0.3 is 5.97 Å². The summed E-state index contributed by atoms with van der Waals surface area (Å²) in [6.45, 7) is 1.87. The maximum absolute atomic E-state index is 12.3. The van der Waals surface area contributed by atoms with Gasteiger partial charge in [-0.05, 0) is 24.6 Å². The smallest absolute Gasteiger partial charge is 0.327 e. The molecule has 2 atom stereocenters. The monoisotopic (exact) mass is 343 g/mol. The first kappa shape index (κ1) is 14.4. The van der Waals surface area contributed by atoms with Crippen LogP contribution in [0.3, 0.4) is 0 Å². The van der Waals surface area contributed by atoms with Crippen molar-refractivity contribution in [3.63, 3.8) is 0 Å². The number of hydrogen-bond donors (Lipinski definition) is 1. The standard InChI is InChI=1S/C13H14BrNO3S/c1-8-15(11(7-19-8)13(17)18)12(16)6-9-3-2-4-10(14)5-9/h2-5,8,11H,6-7H2,1H3,(H,17,18). The van der Waals surface area contributed by atoms with Gasteiger partial charge in [-0.15, -0.1) is 11.8 Å². The summed E-state index contributed by atoms with van der Waals surface area (Å²) < 4.78 is 0.913. The van der Waals surface area contributed by atoms with Gasteiger partial charge in [0, 0.05) is 10.2 Å². The zero-order valence-electron chi connectivity index (χ0n) is 10.4. The Balaban J connectivity index is 2.12. The Kier molecular flexibility index (Phi) is 4.52. The van der Waals surface area contributed by atoms with Crippen LogP contribution in [0, 0.1) is 0 Å². The van der Waals surface area contributed by atoms with Crippen LogP contribution < -0.4 is 0 Å². The van der Waals surface area contributed by atoms with Crippen LogP contribution in [-0.2, 0) is 16.0 Å². The number of thioether (sulfide) groups is 1. The van der Waals surface area contributed by atoms with E-state index in [0.29, 0.717) is 5.75 Å². The van der Waals surface area contributed by atoms with Crippen molar-refractivity contribution in [3.8, 4) is 0 Å². The molecule has 1 aromatic rings. The van der Waals surface area contributed by atoms with Crippen molar-refractivity contribution in [1.29, 1.82) is 0 Å². The summed E-state index contributed by atoms with van der Waals surface area (Å²) in [6.07, 6.45) is 0.230. The summed E-state index contributed by atoms with van der Waals surface area (Å²) in [6, 6.07) is 6.79. The number of carboxylic acids is 1. The number of amides is 1. The van der Waals surface area contributed by atoms with Crippen LogP contribution in [0.4, 0.5) is 0 Å². The van der Waals surface area contributed by atoms with E-state index < -0.39 is 12.0 Å². The molecule has 0 bridgehead atoms. The molecule has 1 aromatic carbocycles. The van der Waals surface area contributed by atoms with Crippen molar-refractivity contribution in [2.45, 2.75) is 24.8 Å². The second-order valence-electron chi connectivity index (χ2n) is 4.39. The molecule has 1 heterocycles. The first-order chi connectivity index (χ1) is 8.99. The Bertz CT molecular complexity index is 508. The van der Waals surface area contributed by atoms with E-state index >= 15 is 0 Å². The summed E-state index contributed by atoms with van der Waals surface area (Å²) >= 11 is 4.86. The quantitative estimate of drug-likeness (QED) is 0.915. The van der Waals surface area contributed by atoms with E-state index in [1.165, 1.54) is 16.7 Å². The number of carbonyl (C=O) groups is 2. The summed E-state index contributed by atoms with van der Waals surface area (Å²) in [4.78, 5) is 24.9. The Labute approximate surface area is 124 Å². The number of nitrogens with zero attached hydrogens (tertiary/aromatic N) is 1. The molecule has 6 heteroatoms. The largest absolute Gasteiger partial charge is 0.480 e. The normalized spacial score (nSPS) is 22.5. The first-order valence-corrected chi connectivity index (χ1v) is 7.73. The number of rotatable bonds is 3. The van der Waals surface area contributed by atoms with Gasteiger partial charge in [0.25, 0.3) is 0 Å². The van der Waals surface area contributed by atoms with Crippen LogP contribution in [0.15, 0.2) is 28.7 Å². The van der Waals surface area contributed by atoms with Crippen molar-refractivity contribution >= 4 is 39.6 Å². The highest BCUT2D eigenvalue weighted by Crippen LogP contribution is 2.29. The van der Waals surface area contributed by atoms with E-state index in [-0.39, 0.29) is 17.7 Å². The van der Waals surface area contributed by atoms with E-state index in [1.807, 2.05) is 31.2 Å². The molecule has 102 valence electrons. The first-order valence-electron chi connectivity index (χ1n) is 5.89. The molecule has 4 nitrogen and oxygen atoms in total. The van der Waals surface area contributed by atoms with Gasteiger partial charge in [-0.1, -0.05) is 28.1 Å². The fraction of sp³-hybridized carbons (Fsp3) is 0.385. The lowest BCUT2D eigenvalue weighted by Gasteiger charge is -2.25. The average Bonchev–Trinajstić information content (AvgIpc) is 2.71. The van der Waals surface area contributed by atoms with Crippen LogP contribution in [-0.4, -0.2) is 39.1 Å². The molecule has 1 fully saturated rings. The number of carboxylic acid groups (broad SMARTS) is 1. The van der Waals surface area contributed by atoms with E-state index in [9.17, 15) is 9.59 Å². The maximum Gasteiger partial charge on any atom is 0.327 e. The Hall–Kier alpha value is -1.01. The summed E-state index contributed by atoms with van der Waals surface area (Å²) in [5.41, 5.74) is 0.882. The third-order valence-electron chi connectivity index (χ3n) is 3.04. The van der Waals surface area contributed by atoms with Gasteiger partial charge in [0.15, 0.2) is 0 Å². The van der Waals surface area contributed by atoms with E-state index in [1.54, 1.807) is 0 Å². The summed E-state index contributed by atoms with van der Waals surface area (Å²) in [5.74, 6) is -0.608. The Morgan fingerprint density at radius 1 is 1.53 bits per heavy atom. The molecular formula is C13H14BrNO3S. The molecule has 1 aliphatic heterocycles. The zero-order chi connectivity index (χ0) is 14.0. The van der Waals surface area contributed by atoms with Crippen LogP contribution in [0.2, 0.25) is 0 Å². The molecule has 0 aromatic heterocycles. The summed E-state index contributed by atoms with van der Waals surface area (Å²) in [5, 5.41) is 9.06. The highest BCUT2D eigenvalue weighted by atomic mass is 79.9. The zero-order valence-corrected chi connectivity index (χ0v) is 12.8. The third kappa shape index (κ3) is 3.30. The lowest BCUT2D eigenvalue weighted by Crippen LogP contribution is -2.45. The fourth-order valence-corrected chi connectivity index (χ4v) is 3.76. The number of aliphatic carboxylic acids is 1. The minimum absolute atomic E-state index is 0.0826. The fourth-order valence-electron chi connectivity index (χ4n) is 2.12. The van der Waals surface area contributed by atoms with Gasteiger partial charge in [0.2, 0.25) is 5.91 Å². The predicted octanol–water partition coefficient (Wildman–Crippen LogP) is 2.37. The van der Waals surface area contributed by atoms with Crippen molar-refractivity contribution in [1.82, 2.24) is 4.90 Å². The molecule has 1 saturated heterocycles. The molecule has 0 spiro atoms. The second-order valence-corrected chi connectivity index (χ2v) is 6.66. The average molecular weight is 344 g/mol. The Morgan fingerprint density at radius 3 is 2.89 bits per heavy atom. The number of hydrogen-bond acceptors (Lipinski definition) is 3. The van der Waals surface area contributed by atoms with Crippen LogP contribution in [0.1, 0.15) is 12.5 Å². The molecule has 2 unspecified atom stereocenters. The molecule has 0 radical (unpaired) electrons. The predicted molar refractivity (Wildman–Crippen MR) is 78.0 cm³/mol. The number of halogens is 1. The van der Waals surface area contributed by atoms with E-state index in [2.05, 4.69) is 15.9 Å². The van der Waals surface area contributed by atoms with Crippen molar-refractivity contribution < 1.29 is 14.7 Å². The van der Waals surface area contributed by atoms with Crippen LogP contribution >= 0.6 is 27.7 Å². The van der Waals surface area contributed by atoms with Gasteiger partial charge in [-0.2, -0.15) is 0 Å². The van der Waals surface area contributed by atoms with Gasteiger partial charge in [0.05, 0.1) is 11.8 Å². The van der Waals surface area contributed by atoms with Gasteiger partial charge in [-0.3, -0.25) is 4.79 Å². The molecule has 19 heavy (non-hydrogen) atoms. The highest BCUT2D eigenvalue weighted by Gasteiger charge is 2.39. The van der Waals surface area contributed by atoms with Crippen molar-refractivity contribution in [2.24, 2.45) is 0 Å². The Morgan fingerprint density at radius 2 is 2.26 bits per heavy atom. The number of benzene rings is 1. The van der Waals surface area contributed by atoms with Gasteiger partial charge < -0.3 is 10.0 Å². The lowest BCUT2D eigenvalue weighted by molar-refractivity contribution is -0.148. The van der Waals surface area contributed by atoms with E-state index in [4.69, 9.17) is 5.11 Å². The molecule has 0 aliphatic carbocycles. The molecule has 1 amide bonds. The molecule has 1 aliphatic rings. The second kappa shape index (κ2) is 5.96. The van der Waals surface area contributed by atoms with Crippen molar-refractivity contribution in [3.05, 3.63) is 34.3 Å². The maximum atomic E-state index is 12.3. The minimum atomic E-state index is -0.931. The van der Waals surface area contributed by atoms with Crippen molar-refractivity contribution in [2.75, 3.05) is 5.75 Å². The van der Waals surface area contributed by atoms with Crippen LogP contribution in [0.25, 0.3) is 0 Å². The molecule has 0 saturated carbocycles. The topological polar surface area (TPSA) is 57.6 Å². The molecule has 1 N–H and O–H groups in total. The summed E-state index contributed by atoms with van der Waals surface area (Å²) in [7, 11) is 0. The van der Waals surface area contributed by atoms with Crippen LogP contribution in [0.5, 0.6) is 0 Å². The number of carbonyl (C=O) groups excluding carboxylic acids is 1. The lowest BCUT2D eigenvalue weighted by atomic mass is 10.1. The molecular weight excluding hydrogens is 330 g/mol. The highest BCUT2D eigenvalue weighted by molar-refractivity contribution is 9.10. The minimum Gasteiger partial charge on any atom is -0.480 e. The third-order valence-corrected chi connectivity index (χ3v) is 4.75. The SMILES string of the molecule is CC1SCC(C(=O)O)N1C(=O)Cc1cccc(Br)c1.